The van der Waals surface area contributed by atoms with E-state index in [1.54, 1.807) is 11.3 Å². The van der Waals surface area contributed by atoms with Crippen molar-refractivity contribution in [2.45, 2.75) is 39.2 Å². The number of nitrogens with zero attached hydrogens (tertiary/aromatic N) is 1. The highest BCUT2D eigenvalue weighted by Gasteiger charge is 2.36. The zero-order chi connectivity index (χ0) is 24.1. The molecule has 0 saturated carbocycles. The van der Waals surface area contributed by atoms with Crippen molar-refractivity contribution < 1.29 is 9.59 Å². The molecule has 0 fully saturated rings. The number of benzene rings is 3. The van der Waals surface area contributed by atoms with E-state index in [2.05, 4.69) is 16.7 Å². The van der Waals surface area contributed by atoms with Crippen molar-refractivity contribution in [2.24, 2.45) is 5.92 Å². The lowest BCUT2D eigenvalue weighted by Gasteiger charge is -2.28. The molecular weight excluding hydrogens is 442 g/mol. The van der Waals surface area contributed by atoms with Gasteiger partial charge in [0.1, 0.15) is 0 Å². The maximum absolute atomic E-state index is 13.6. The van der Waals surface area contributed by atoms with Crippen molar-refractivity contribution in [3.05, 3.63) is 95.0 Å². The minimum absolute atomic E-state index is 0.0190. The fourth-order valence-corrected chi connectivity index (χ4v) is 4.91. The Labute approximate surface area is 204 Å². The number of aromatic nitrogens is 1. The van der Waals surface area contributed by atoms with Gasteiger partial charge in [-0.15, -0.1) is 11.3 Å². The Kier molecular flexibility index (Phi) is 7.08. The van der Waals surface area contributed by atoms with E-state index in [0.717, 1.165) is 32.0 Å². The second-order valence-electron chi connectivity index (χ2n) is 8.97. The van der Waals surface area contributed by atoms with Gasteiger partial charge in [0.2, 0.25) is 11.8 Å². The van der Waals surface area contributed by atoms with Crippen molar-refractivity contribution in [1.29, 1.82) is 0 Å². The lowest BCUT2D eigenvalue weighted by atomic mass is 9.78. The van der Waals surface area contributed by atoms with Crippen LogP contribution in [0.2, 0.25) is 0 Å². The molecule has 34 heavy (non-hydrogen) atoms. The molecule has 0 aliphatic rings. The summed E-state index contributed by atoms with van der Waals surface area (Å²) in [6, 6.07) is 25.5. The first-order valence-corrected chi connectivity index (χ1v) is 12.2. The Morgan fingerprint density at radius 3 is 2.29 bits per heavy atom. The average Bonchev–Trinajstić information content (AvgIpc) is 3.25. The van der Waals surface area contributed by atoms with Crippen LogP contribution in [0, 0.1) is 5.92 Å². The summed E-state index contributed by atoms with van der Waals surface area (Å²) in [5.74, 6) is -0.144. The van der Waals surface area contributed by atoms with Crippen molar-refractivity contribution in [1.82, 2.24) is 10.3 Å². The molecule has 0 spiro atoms. The predicted octanol–water partition coefficient (Wildman–Crippen LogP) is 5.71. The van der Waals surface area contributed by atoms with E-state index in [4.69, 9.17) is 4.98 Å². The third-order valence-electron chi connectivity index (χ3n) is 5.95. The number of nitrogens with one attached hydrogen (secondary N) is 2. The Morgan fingerprint density at radius 2 is 1.62 bits per heavy atom. The Balaban J connectivity index is 1.50. The summed E-state index contributed by atoms with van der Waals surface area (Å²) >= 11 is 1.63. The smallest absolute Gasteiger partial charge is 0.231 e. The third kappa shape index (κ3) is 5.34. The first-order valence-electron chi connectivity index (χ1n) is 11.4. The van der Waals surface area contributed by atoms with Crippen LogP contribution in [-0.4, -0.2) is 16.8 Å². The number of amides is 2. The summed E-state index contributed by atoms with van der Waals surface area (Å²) in [6.07, 6.45) is 0.516. The number of fused-ring (bicyclic) bond motifs is 1. The predicted molar refractivity (Wildman–Crippen MR) is 139 cm³/mol. The standard InChI is InChI=1S/C28H29N3O2S/c1-19(2)26(32)30-22-15-13-20(14-16-22)18-29-27(33)28(3,21-9-5-4-6-10-21)17-25-31-23-11-7-8-12-24(23)34-25/h4-16,19H,17-18H2,1-3H3,(H,29,33)(H,30,32). The molecule has 2 amide bonds. The molecule has 1 unspecified atom stereocenters. The van der Waals surface area contributed by atoms with Crippen LogP contribution in [0.4, 0.5) is 5.69 Å². The Morgan fingerprint density at radius 1 is 0.941 bits per heavy atom. The largest absolute Gasteiger partial charge is 0.351 e. The number of hydrogen-bond acceptors (Lipinski definition) is 4. The Hall–Kier alpha value is -3.51. The quantitative estimate of drug-likeness (QED) is 0.346. The number of anilines is 1. The number of thiazole rings is 1. The fraction of sp³-hybridized carbons (Fsp3) is 0.250. The minimum atomic E-state index is -0.764. The monoisotopic (exact) mass is 471 g/mol. The molecule has 0 aliphatic heterocycles. The lowest BCUT2D eigenvalue weighted by molar-refractivity contribution is -0.126. The molecule has 1 atom stereocenters. The molecular formula is C28H29N3O2S. The van der Waals surface area contributed by atoms with Gasteiger partial charge in [-0.25, -0.2) is 4.98 Å². The van der Waals surface area contributed by atoms with E-state index < -0.39 is 5.41 Å². The molecule has 0 saturated heterocycles. The second-order valence-corrected chi connectivity index (χ2v) is 10.1. The van der Waals surface area contributed by atoms with Crippen LogP contribution in [0.25, 0.3) is 10.2 Å². The molecule has 2 N–H and O–H groups in total. The van der Waals surface area contributed by atoms with Gasteiger partial charge < -0.3 is 10.6 Å². The van der Waals surface area contributed by atoms with Crippen LogP contribution in [0.5, 0.6) is 0 Å². The molecule has 1 heterocycles. The average molecular weight is 472 g/mol. The van der Waals surface area contributed by atoms with Gasteiger partial charge in [0.05, 0.1) is 20.6 Å². The van der Waals surface area contributed by atoms with Crippen molar-refractivity contribution >= 4 is 39.1 Å². The topological polar surface area (TPSA) is 71.1 Å². The van der Waals surface area contributed by atoms with E-state index in [-0.39, 0.29) is 17.7 Å². The highest BCUT2D eigenvalue weighted by Crippen LogP contribution is 2.32. The summed E-state index contributed by atoms with van der Waals surface area (Å²) in [5.41, 5.74) is 2.87. The molecule has 174 valence electrons. The molecule has 3 aromatic carbocycles. The van der Waals surface area contributed by atoms with E-state index in [9.17, 15) is 9.59 Å². The normalized spacial score (nSPS) is 12.9. The summed E-state index contributed by atoms with van der Waals surface area (Å²) in [5, 5.41) is 6.94. The summed E-state index contributed by atoms with van der Waals surface area (Å²) < 4.78 is 1.12. The Bertz CT molecular complexity index is 1250. The van der Waals surface area contributed by atoms with Crippen molar-refractivity contribution in [3.8, 4) is 0 Å². The van der Waals surface area contributed by atoms with Gasteiger partial charge in [0, 0.05) is 24.6 Å². The highest BCUT2D eigenvalue weighted by molar-refractivity contribution is 7.18. The maximum Gasteiger partial charge on any atom is 0.231 e. The highest BCUT2D eigenvalue weighted by atomic mass is 32.1. The van der Waals surface area contributed by atoms with Crippen LogP contribution in [0.15, 0.2) is 78.9 Å². The number of para-hydroxylation sites is 1. The first-order chi connectivity index (χ1) is 16.3. The van der Waals surface area contributed by atoms with Crippen LogP contribution in [0.1, 0.15) is 36.9 Å². The van der Waals surface area contributed by atoms with Gasteiger partial charge in [-0.1, -0.05) is 68.4 Å². The third-order valence-corrected chi connectivity index (χ3v) is 6.99. The number of rotatable bonds is 8. The molecule has 0 bridgehead atoms. The second kappa shape index (κ2) is 10.2. The number of carbonyl (C=O) groups excluding carboxylic acids is 2. The van der Waals surface area contributed by atoms with Crippen LogP contribution < -0.4 is 10.6 Å². The van der Waals surface area contributed by atoms with Crippen LogP contribution >= 0.6 is 11.3 Å². The SMILES string of the molecule is CC(C)C(=O)Nc1ccc(CNC(=O)C(C)(Cc2nc3ccccc3s2)c2ccccc2)cc1. The lowest BCUT2D eigenvalue weighted by Crippen LogP contribution is -2.43. The molecule has 4 aromatic rings. The molecule has 0 radical (unpaired) electrons. The molecule has 6 heteroatoms. The van der Waals surface area contributed by atoms with E-state index in [1.165, 1.54) is 0 Å². The number of carbonyl (C=O) groups is 2. The van der Waals surface area contributed by atoms with E-state index in [1.807, 2.05) is 93.6 Å². The molecule has 4 rings (SSSR count). The maximum atomic E-state index is 13.6. The zero-order valence-corrected chi connectivity index (χ0v) is 20.5. The van der Waals surface area contributed by atoms with Gasteiger partial charge in [0.25, 0.3) is 0 Å². The van der Waals surface area contributed by atoms with Crippen molar-refractivity contribution in [2.75, 3.05) is 5.32 Å². The fourth-order valence-electron chi connectivity index (χ4n) is 3.79. The summed E-state index contributed by atoms with van der Waals surface area (Å²) in [6.45, 7) is 6.10. The van der Waals surface area contributed by atoms with E-state index >= 15 is 0 Å². The summed E-state index contributed by atoms with van der Waals surface area (Å²) in [4.78, 5) is 30.2. The van der Waals surface area contributed by atoms with Gasteiger partial charge in [0.15, 0.2) is 0 Å². The first kappa shape index (κ1) is 23.6. The summed E-state index contributed by atoms with van der Waals surface area (Å²) in [7, 11) is 0. The van der Waals surface area contributed by atoms with Crippen molar-refractivity contribution in [3.63, 3.8) is 0 Å². The van der Waals surface area contributed by atoms with Gasteiger partial charge in [-0.3, -0.25) is 9.59 Å². The zero-order valence-electron chi connectivity index (χ0n) is 19.7. The van der Waals surface area contributed by atoms with E-state index in [0.29, 0.717) is 13.0 Å². The molecule has 1 aromatic heterocycles. The molecule has 0 aliphatic carbocycles. The van der Waals surface area contributed by atoms with Gasteiger partial charge in [-0.2, -0.15) is 0 Å². The van der Waals surface area contributed by atoms with Gasteiger partial charge in [-0.05, 0) is 42.3 Å². The minimum Gasteiger partial charge on any atom is -0.351 e. The molecule has 5 nitrogen and oxygen atoms in total. The van der Waals surface area contributed by atoms with Crippen LogP contribution in [-0.2, 0) is 28.0 Å². The van der Waals surface area contributed by atoms with Crippen LogP contribution in [0.3, 0.4) is 0 Å². The number of hydrogen-bond donors (Lipinski definition) is 2. The van der Waals surface area contributed by atoms with Gasteiger partial charge >= 0.3 is 0 Å².